The molecular weight excluding hydrogens is 781 g/mol. The molecule has 0 spiro atoms. The maximum Gasteiger partial charge on any atom is 0.159 e. The van der Waals surface area contributed by atoms with E-state index < -0.39 is 0 Å². The highest BCUT2D eigenvalue weighted by Crippen LogP contribution is 2.54. The van der Waals surface area contributed by atoms with E-state index in [1.807, 2.05) is 12.1 Å². The molecule has 2 aromatic heterocycles. The van der Waals surface area contributed by atoms with Crippen molar-refractivity contribution in [2.45, 2.75) is 26.2 Å². The van der Waals surface area contributed by atoms with Crippen LogP contribution in [-0.2, 0) is 5.41 Å². The molecule has 2 heterocycles. The number of para-hydroxylation sites is 6. The van der Waals surface area contributed by atoms with Crippen molar-refractivity contribution < 1.29 is 8.83 Å². The van der Waals surface area contributed by atoms with Gasteiger partial charge in [0.15, 0.2) is 11.2 Å². The summed E-state index contributed by atoms with van der Waals surface area (Å²) >= 11 is 0. The highest BCUT2D eigenvalue weighted by atomic mass is 16.3. The van der Waals surface area contributed by atoms with E-state index in [-0.39, 0.29) is 5.41 Å². The largest absolute Gasteiger partial charge is 0.454 e. The highest BCUT2D eigenvalue weighted by Gasteiger charge is 2.36. The van der Waals surface area contributed by atoms with Crippen molar-refractivity contribution >= 4 is 99.5 Å². The monoisotopic (exact) mass is 822 g/mol. The van der Waals surface area contributed by atoms with Gasteiger partial charge in [-0.15, -0.1) is 0 Å². The molecule has 0 amide bonds. The van der Waals surface area contributed by atoms with Gasteiger partial charge in [0.25, 0.3) is 0 Å². The van der Waals surface area contributed by atoms with Gasteiger partial charge in [-0.3, -0.25) is 0 Å². The number of nitrogens with zero attached hydrogens (tertiary/aromatic N) is 2. The first-order valence-corrected chi connectivity index (χ1v) is 22.1. The molecule has 0 N–H and O–H groups in total. The second-order valence-corrected chi connectivity index (χ2v) is 17.7. The Morgan fingerprint density at radius 1 is 0.375 bits per heavy atom. The minimum absolute atomic E-state index is 0.309. The Balaban J connectivity index is 1.01. The standard InChI is InChI=1S/C60H42N2O2/c1-37-42-33-31-40(61(38-17-6-4-7-18-38)52-27-15-24-46-43-21-10-12-29-54(43)63-58(46)52)35-49(42)45-23-14-26-50-57(45)56(37)48-34-32-41(36-51(48)60(50,2)3)62(39-19-8-5-9-20-39)53-28-16-25-47-44-22-11-13-30-55(44)64-59(47)53/h4-36H,1-3H3. The topological polar surface area (TPSA) is 32.8 Å². The van der Waals surface area contributed by atoms with Crippen molar-refractivity contribution in [3.05, 3.63) is 217 Å². The third-order valence-corrected chi connectivity index (χ3v) is 13.8. The van der Waals surface area contributed by atoms with Crippen LogP contribution >= 0.6 is 0 Å². The summed E-state index contributed by atoms with van der Waals surface area (Å²) < 4.78 is 13.3. The lowest BCUT2D eigenvalue weighted by atomic mass is 9.67. The molecule has 12 aromatic rings. The van der Waals surface area contributed by atoms with Crippen LogP contribution in [-0.4, -0.2) is 0 Å². The van der Waals surface area contributed by atoms with E-state index in [4.69, 9.17) is 8.83 Å². The average molecular weight is 823 g/mol. The SMILES string of the molecule is Cc1c2c3c(cccc3c3cc(N(c4ccccc4)c4cccc5c4oc4ccccc45)ccc13)C(C)(C)c1cc(N(c3ccccc3)c3cccc4c3oc3ccccc34)ccc1-2. The van der Waals surface area contributed by atoms with Crippen LogP contribution in [0.5, 0.6) is 0 Å². The van der Waals surface area contributed by atoms with Crippen molar-refractivity contribution in [2.75, 3.05) is 9.80 Å². The first-order valence-electron chi connectivity index (χ1n) is 22.1. The zero-order valence-corrected chi connectivity index (χ0v) is 35.8. The zero-order valence-electron chi connectivity index (χ0n) is 35.8. The molecule has 0 atom stereocenters. The average Bonchev–Trinajstić information content (AvgIpc) is 3.92. The number of furan rings is 2. The number of benzene rings is 10. The van der Waals surface area contributed by atoms with Gasteiger partial charge in [0.1, 0.15) is 11.2 Å². The van der Waals surface area contributed by atoms with Crippen molar-refractivity contribution in [1.82, 2.24) is 0 Å². The summed E-state index contributed by atoms with van der Waals surface area (Å²) in [7, 11) is 0. The van der Waals surface area contributed by atoms with Crippen molar-refractivity contribution in [3.63, 3.8) is 0 Å². The van der Waals surface area contributed by atoms with Crippen LogP contribution in [0.15, 0.2) is 209 Å². The molecule has 0 aliphatic heterocycles. The van der Waals surface area contributed by atoms with Crippen LogP contribution in [0.1, 0.15) is 30.5 Å². The molecule has 13 rings (SSSR count). The Hall–Kier alpha value is -8.08. The van der Waals surface area contributed by atoms with E-state index in [0.29, 0.717) is 0 Å². The molecular formula is C60H42N2O2. The van der Waals surface area contributed by atoms with Crippen LogP contribution in [0.25, 0.3) is 76.5 Å². The third kappa shape index (κ3) is 5.23. The molecule has 64 heavy (non-hydrogen) atoms. The van der Waals surface area contributed by atoms with Gasteiger partial charge < -0.3 is 18.6 Å². The second kappa shape index (κ2) is 13.7. The first kappa shape index (κ1) is 36.6. The Morgan fingerprint density at radius 2 is 0.875 bits per heavy atom. The fraction of sp³-hybridized carbons (Fsp3) is 0.0667. The molecule has 0 bridgehead atoms. The van der Waals surface area contributed by atoms with Gasteiger partial charge in [-0.25, -0.2) is 0 Å². The Kier molecular flexibility index (Phi) is 7.83. The van der Waals surface area contributed by atoms with Crippen LogP contribution in [0.3, 0.4) is 0 Å². The molecule has 0 saturated carbocycles. The summed E-state index contributed by atoms with van der Waals surface area (Å²) in [5, 5.41) is 9.52. The van der Waals surface area contributed by atoms with Crippen molar-refractivity contribution in [3.8, 4) is 11.1 Å². The lowest BCUT2D eigenvalue weighted by molar-refractivity contribution is 0.645. The van der Waals surface area contributed by atoms with Crippen molar-refractivity contribution in [2.24, 2.45) is 0 Å². The molecule has 0 saturated heterocycles. The van der Waals surface area contributed by atoms with Crippen LogP contribution in [0.2, 0.25) is 0 Å². The fourth-order valence-corrected chi connectivity index (χ4v) is 10.8. The number of rotatable bonds is 6. The molecule has 0 unspecified atom stereocenters. The minimum Gasteiger partial charge on any atom is -0.454 e. The van der Waals surface area contributed by atoms with Gasteiger partial charge in [0.2, 0.25) is 0 Å². The summed E-state index contributed by atoms with van der Waals surface area (Å²) in [6.07, 6.45) is 0. The lowest BCUT2D eigenvalue weighted by Gasteiger charge is -2.37. The smallest absolute Gasteiger partial charge is 0.159 e. The van der Waals surface area contributed by atoms with Crippen LogP contribution < -0.4 is 9.80 Å². The van der Waals surface area contributed by atoms with Gasteiger partial charge in [0, 0.05) is 49.7 Å². The lowest BCUT2D eigenvalue weighted by Crippen LogP contribution is -2.25. The van der Waals surface area contributed by atoms with Gasteiger partial charge in [-0.2, -0.15) is 0 Å². The predicted octanol–water partition coefficient (Wildman–Crippen LogP) is 17.3. The number of anilines is 6. The van der Waals surface area contributed by atoms with Crippen molar-refractivity contribution in [1.29, 1.82) is 0 Å². The molecule has 10 aromatic carbocycles. The first-order chi connectivity index (χ1) is 31.4. The second-order valence-electron chi connectivity index (χ2n) is 17.7. The normalized spacial score (nSPS) is 13.0. The Morgan fingerprint density at radius 3 is 1.48 bits per heavy atom. The predicted molar refractivity (Wildman–Crippen MR) is 268 cm³/mol. The molecule has 0 radical (unpaired) electrons. The van der Waals surface area contributed by atoms with E-state index >= 15 is 0 Å². The number of hydrogen-bond acceptors (Lipinski definition) is 4. The highest BCUT2D eigenvalue weighted by molar-refractivity contribution is 6.20. The fourth-order valence-electron chi connectivity index (χ4n) is 10.8. The Bertz CT molecular complexity index is 3840. The third-order valence-electron chi connectivity index (χ3n) is 13.8. The van der Waals surface area contributed by atoms with Crippen LogP contribution in [0, 0.1) is 6.92 Å². The van der Waals surface area contributed by atoms with Crippen LogP contribution in [0.4, 0.5) is 34.1 Å². The van der Waals surface area contributed by atoms with E-state index in [2.05, 4.69) is 219 Å². The zero-order chi connectivity index (χ0) is 42.7. The molecule has 0 fully saturated rings. The minimum atomic E-state index is -0.309. The summed E-state index contributed by atoms with van der Waals surface area (Å²) in [6, 6.07) is 71.9. The summed E-state index contributed by atoms with van der Waals surface area (Å²) in [4.78, 5) is 4.70. The Labute approximate surface area is 370 Å². The van der Waals surface area contributed by atoms with E-state index in [1.165, 1.54) is 49.4 Å². The summed E-state index contributed by atoms with van der Waals surface area (Å²) in [5.41, 5.74) is 16.0. The van der Waals surface area contributed by atoms with E-state index in [9.17, 15) is 0 Å². The number of aryl methyl sites for hydroxylation is 1. The van der Waals surface area contributed by atoms with E-state index in [1.54, 1.807) is 0 Å². The molecule has 304 valence electrons. The van der Waals surface area contributed by atoms with Gasteiger partial charge >= 0.3 is 0 Å². The quantitative estimate of drug-likeness (QED) is 0.156. The maximum absolute atomic E-state index is 6.66. The van der Waals surface area contributed by atoms with Gasteiger partial charge in [-0.1, -0.05) is 141 Å². The molecule has 4 nitrogen and oxygen atoms in total. The number of hydrogen-bond donors (Lipinski definition) is 0. The molecule has 1 aliphatic carbocycles. The molecule has 1 aliphatic rings. The molecule has 4 heteroatoms. The number of fused-ring (bicyclic) bond motifs is 10. The summed E-state index contributed by atoms with van der Waals surface area (Å²) in [5.74, 6) is 0. The van der Waals surface area contributed by atoms with E-state index in [0.717, 1.165) is 78.0 Å². The maximum atomic E-state index is 6.66. The van der Waals surface area contributed by atoms with Gasteiger partial charge in [0.05, 0.1) is 11.4 Å². The summed E-state index contributed by atoms with van der Waals surface area (Å²) in [6.45, 7) is 7.09. The van der Waals surface area contributed by atoms with Gasteiger partial charge in [-0.05, 0) is 129 Å².